The van der Waals surface area contributed by atoms with Crippen molar-refractivity contribution < 1.29 is 14.5 Å². The van der Waals surface area contributed by atoms with Crippen LogP contribution >= 0.6 is 0 Å². The van der Waals surface area contributed by atoms with Crippen molar-refractivity contribution in [3.05, 3.63) is 34.0 Å². The van der Waals surface area contributed by atoms with Crippen LogP contribution in [0.1, 0.15) is 6.42 Å². The first-order chi connectivity index (χ1) is 7.61. The molecule has 2 bridgehead atoms. The molecule has 16 heavy (non-hydrogen) atoms. The van der Waals surface area contributed by atoms with Crippen LogP contribution in [0.5, 0.6) is 0 Å². The minimum atomic E-state index is -0.813. The van der Waals surface area contributed by atoms with E-state index >= 15 is 0 Å². The van der Waals surface area contributed by atoms with Gasteiger partial charge in [0.2, 0.25) is 11.6 Å². The topological polar surface area (TPSA) is 77.3 Å². The van der Waals surface area contributed by atoms with Crippen LogP contribution in [0.4, 0.5) is 0 Å². The van der Waals surface area contributed by atoms with Crippen molar-refractivity contribution in [2.45, 2.75) is 6.42 Å². The van der Waals surface area contributed by atoms with Crippen LogP contribution in [-0.2, 0) is 9.59 Å². The van der Waals surface area contributed by atoms with Crippen molar-refractivity contribution >= 4 is 11.6 Å². The maximum absolute atomic E-state index is 11.7. The third-order valence-electron chi connectivity index (χ3n) is 3.81. The van der Waals surface area contributed by atoms with Gasteiger partial charge in [-0.15, -0.1) is 0 Å². The highest BCUT2D eigenvalue weighted by Gasteiger charge is 2.57. The first-order valence-electron chi connectivity index (χ1n) is 5.22. The lowest BCUT2D eigenvalue weighted by molar-refractivity contribution is -0.435. The molecule has 0 aromatic heterocycles. The van der Waals surface area contributed by atoms with Crippen LogP contribution in [0.15, 0.2) is 23.9 Å². The van der Waals surface area contributed by atoms with Gasteiger partial charge in [0, 0.05) is 6.08 Å². The van der Waals surface area contributed by atoms with E-state index in [2.05, 4.69) is 0 Å². The summed E-state index contributed by atoms with van der Waals surface area (Å²) in [7, 11) is 0. The molecule has 82 valence electrons. The van der Waals surface area contributed by atoms with Crippen molar-refractivity contribution in [1.29, 1.82) is 0 Å². The molecule has 0 aromatic rings. The van der Waals surface area contributed by atoms with E-state index in [0.29, 0.717) is 6.42 Å². The number of ketones is 2. The Bertz CT molecular complexity index is 476. The minimum absolute atomic E-state index is 0.00102. The first kappa shape index (κ1) is 9.45. The fraction of sp³-hybridized carbons (Fsp3) is 0.455. The Balaban J connectivity index is 2.14. The molecule has 1 saturated carbocycles. The van der Waals surface area contributed by atoms with Crippen LogP contribution < -0.4 is 0 Å². The molecule has 0 radical (unpaired) electrons. The fourth-order valence-electron chi connectivity index (χ4n) is 3.13. The van der Waals surface area contributed by atoms with E-state index < -0.39 is 28.3 Å². The SMILES string of the molecule is O=C1C(=O)[C@@H]2C=C([N+](=O)[O-])[C@H]1[C@H]1CC=C[C@H]12. The maximum atomic E-state index is 11.7. The van der Waals surface area contributed by atoms with Crippen LogP contribution in [0.25, 0.3) is 0 Å². The van der Waals surface area contributed by atoms with E-state index in [0.717, 1.165) is 0 Å². The predicted octanol–water partition coefficient (Wildman–Crippen LogP) is 0.737. The van der Waals surface area contributed by atoms with Crippen molar-refractivity contribution in [2.75, 3.05) is 0 Å². The summed E-state index contributed by atoms with van der Waals surface area (Å²) in [5, 5.41) is 10.8. The number of hydrogen-bond acceptors (Lipinski definition) is 4. The van der Waals surface area contributed by atoms with Gasteiger partial charge in [0.05, 0.1) is 10.8 Å². The van der Waals surface area contributed by atoms with Crippen molar-refractivity contribution in [3.8, 4) is 0 Å². The van der Waals surface area contributed by atoms with Gasteiger partial charge in [0.25, 0.3) is 5.70 Å². The van der Waals surface area contributed by atoms with E-state index in [-0.39, 0.29) is 17.5 Å². The minimum Gasteiger partial charge on any atom is -0.290 e. The first-order valence-corrected chi connectivity index (χ1v) is 5.22. The highest BCUT2D eigenvalue weighted by molar-refractivity contribution is 6.41. The van der Waals surface area contributed by atoms with Gasteiger partial charge in [0.1, 0.15) is 5.92 Å². The number of carbonyl (C=O) groups is 2. The van der Waals surface area contributed by atoms with E-state index in [1.54, 1.807) is 0 Å². The lowest BCUT2D eigenvalue weighted by Gasteiger charge is -2.38. The number of fused-ring (bicyclic) bond motifs is 1. The van der Waals surface area contributed by atoms with Crippen molar-refractivity contribution in [3.63, 3.8) is 0 Å². The van der Waals surface area contributed by atoms with Gasteiger partial charge in [-0.1, -0.05) is 12.2 Å². The van der Waals surface area contributed by atoms with E-state index in [9.17, 15) is 19.7 Å². The van der Waals surface area contributed by atoms with Crippen molar-refractivity contribution in [1.82, 2.24) is 0 Å². The number of rotatable bonds is 1. The third-order valence-corrected chi connectivity index (χ3v) is 3.81. The molecule has 5 nitrogen and oxygen atoms in total. The van der Waals surface area contributed by atoms with Gasteiger partial charge in [-0.25, -0.2) is 0 Å². The van der Waals surface area contributed by atoms with E-state index in [1.807, 2.05) is 12.2 Å². The predicted molar refractivity (Wildman–Crippen MR) is 52.8 cm³/mol. The van der Waals surface area contributed by atoms with Gasteiger partial charge >= 0.3 is 0 Å². The highest BCUT2D eigenvalue weighted by Crippen LogP contribution is 2.49. The Morgan fingerprint density at radius 3 is 2.75 bits per heavy atom. The summed E-state index contributed by atoms with van der Waals surface area (Å²) in [6.45, 7) is 0. The molecule has 0 aliphatic heterocycles. The number of nitro groups is 1. The second-order valence-corrected chi connectivity index (χ2v) is 4.49. The number of carbonyl (C=O) groups excluding carboxylic acids is 2. The zero-order valence-corrected chi connectivity index (χ0v) is 8.33. The fourth-order valence-corrected chi connectivity index (χ4v) is 3.13. The molecule has 4 aliphatic carbocycles. The molecule has 0 N–H and O–H groups in total. The molecule has 0 spiro atoms. The molecule has 0 saturated heterocycles. The lowest BCUT2D eigenvalue weighted by atomic mass is 9.61. The quantitative estimate of drug-likeness (QED) is 0.282. The Morgan fingerprint density at radius 2 is 2.06 bits per heavy atom. The summed E-state index contributed by atoms with van der Waals surface area (Å²) in [6, 6.07) is 0. The van der Waals surface area contributed by atoms with Gasteiger partial charge < -0.3 is 0 Å². The van der Waals surface area contributed by atoms with E-state index in [4.69, 9.17) is 0 Å². The average molecular weight is 219 g/mol. The summed E-state index contributed by atoms with van der Waals surface area (Å²) in [5.41, 5.74) is -0.0699. The summed E-state index contributed by atoms with van der Waals surface area (Å²) in [5.74, 6) is -2.50. The molecule has 0 amide bonds. The highest BCUT2D eigenvalue weighted by atomic mass is 16.6. The second kappa shape index (κ2) is 2.87. The molecular formula is C11H9NO4. The zero-order chi connectivity index (χ0) is 11.4. The number of hydrogen-bond donors (Lipinski definition) is 0. The zero-order valence-electron chi connectivity index (χ0n) is 8.33. The van der Waals surface area contributed by atoms with Crippen LogP contribution in [0.2, 0.25) is 0 Å². The van der Waals surface area contributed by atoms with Gasteiger partial charge in [-0.2, -0.15) is 0 Å². The monoisotopic (exact) mass is 219 g/mol. The molecule has 5 heteroatoms. The van der Waals surface area contributed by atoms with Gasteiger partial charge in [-0.05, 0) is 18.3 Å². The number of allylic oxidation sites excluding steroid dienone is 4. The van der Waals surface area contributed by atoms with Crippen LogP contribution in [-0.4, -0.2) is 16.5 Å². The molecule has 4 rings (SSSR count). The third kappa shape index (κ3) is 0.951. The summed E-state index contributed by atoms with van der Waals surface area (Å²) < 4.78 is 0. The Hall–Kier alpha value is -1.78. The molecule has 4 atom stereocenters. The standard InChI is InChI=1S/C11H9NO4/c13-10-7-4-8(12(15)16)9(11(10)14)6-3-1-2-5(6)7/h1-2,4-7,9H,3H2/t5-,6+,7-,9-/m1/s1. The normalized spacial score (nSPS) is 39.9. The molecule has 0 heterocycles. The molecular weight excluding hydrogens is 210 g/mol. The second-order valence-electron chi connectivity index (χ2n) is 4.49. The van der Waals surface area contributed by atoms with Crippen LogP contribution in [0.3, 0.4) is 0 Å². The molecule has 1 fully saturated rings. The molecule has 4 aliphatic rings. The number of Topliss-reactive ketones (excluding diaryl/α,β-unsaturated/α-hetero) is 2. The van der Waals surface area contributed by atoms with E-state index in [1.165, 1.54) is 6.08 Å². The van der Waals surface area contributed by atoms with Gasteiger partial charge in [-0.3, -0.25) is 19.7 Å². The molecule has 0 aromatic carbocycles. The summed E-state index contributed by atoms with van der Waals surface area (Å²) in [6.07, 6.45) is 5.87. The smallest absolute Gasteiger partial charge is 0.254 e. The van der Waals surface area contributed by atoms with Gasteiger partial charge in [0.15, 0.2) is 0 Å². The average Bonchev–Trinajstić information content (AvgIpc) is 2.72. The molecule has 0 unspecified atom stereocenters. The van der Waals surface area contributed by atoms with Crippen LogP contribution in [0, 0.1) is 33.8 Å². The Morgan fingerprint density at radius 1 is 1.31 bits per heavy atom. The largest absolute Gasteiger partial charge is 0.290 e. The Labute approximate surface area is 91.0 Å². The van der Waals surface area contributed by atoms with Crippen molar-refractivity contribution in [2.24, 2.45) is 23.7 Å². The lowest BCUT2D eigenvalue weighted by Crippen LogP contribution is -2.50. The summed E-state index contributed by atoms with van der Waals surface area (Å²) >= 11 is 0. The maximum Gasteiger partial charge on any atom is 0.254 e. The Kier molecular flexibility index (Phi) is 1.70. The number of nitrogens with zero attached hydrogens (tertiary/aromatic N) is 1. The summed E-state index contributed by atoms with van der Waals surface area (Å²) in [4.78, 5) is 33.7.